The van der Waals surface area contributed by atoms with Crippen LogP contribution in [0.4, 0.5) is 0 Å². The molecule has 0 saturated carbocycles. The van der Waals surface area contributed by atoms with Gasteiger partial charge in [0.15, 0.2) is 11.5 Å². The molecular weight excluding hydrogens is 242 g/mol. The van der Waals surface area contributed by atoms with Crippen LogP contribution in [-0.2, 0) is 6.54 Å². The topological polar surface area (TPSA) is 49.5 Å². The van der Waals surface area contributed by atoms with Gasteiger partial charge in [0.05, 0.1) is 0 Å². The number of hydrogen-bond donors (Lipinski definition) is 2. The molecule has 2 aliphatic heterocycles. The lowest BCUT2D eigenvalue weighted by atomic mass is 10.1. The molecule has 0 spiro atoms. The van der Waals surface area contributed by atoms with E-state index >= 15 is 0 Å². The van der Waals surface area contributed by atoms with Gasteiger partial charge in [-0.15, -0.1) is 0 Å². The largest absolute Gasteiger partial charge is 0.454 e. The van der Waals surface area contributed by atoms with Gasteiger partial charge in [0.2, 0.25) is 6.79 Å². The minimum absolute atomic E-state index is 0.328. The normalized spacial score (nSPS) is 19.2. The van der Waals surface area contributed by atoms with Crippen molar-refractivity contribution in [2.45, 2.75) is 6.54 Å². The monoisotopic (exact) mass is 259 g/mol. The summed E-state index contributed by atoms with van der Waals surface area (Å²) in [5, 5.41) is 4.62. The predicted molar refractivity (Wildman–Crippen MR) is 72.6 cm³/mol. The molecule has 4 rings (SSSR count). The van der Waals surface area contributed by atoms with Crippen LogP contribution < -0.4 is 14.8 Å². The number of nitrogens with zero attached hydrogens (tertiary/aromatic N) is 1. The molecule has 0 bridgehead atoms. The lowest BCUT2D eigenvalue weighted by Gasteiger charge is -2.26. The van der Waals surface area contributed by atoms with Gasteiger partial charge in [-0.05, 0) is 11.6 Å². The van der Waals surface area contributed by atoms with Crippen molar-refractivity contribution in [3.8, 4) is 11.5 Å². The van der Waals surface area contributed by atoms with Gasteiger partial charge in [0.25, 0.3) is 0 Å². The molecular formula is C14H17N3O2. The fourth-order valence-electron chi connectivity index (χ4n) is 2.81. The zero-order valence-corrected chi connectivity index (χ0v) is 10.7. The third kappa shape index (κ3) is 1.95. The molecule has 2 aromatic rings. The van der Waals surface area contributed by atoms with Crippen molar-refractivity contribution in [1.82, 2.24) is 15.2 Å². The van der Waals surface area contributed by atoms with Crippen molar-refractivity contribution in [2.24, 2.45) is 0 Å². The molecule has 1 saturated heterocycles. The van der Waals surface area contributed by atoms with Crippen LogP contribution in [0.1, 0.15) is 5.56 Å². The first-order valence-electron chi connectivity index (χ1n) is 6.73. The van der Waals surface area contributed by atoms with Crippen molar-refractivity contribution in [3.05, 3.63) is 23.9 Å². The lowest BCUT2D eigenvalue weighted by molar-refractivity contribution is 0.174. The van der Waals surface area contributed by atoms with Crippen LogP contribution in [0.25, 0.3) is 10.9 Å². The van der Waals surface area contributed by atoms with Gasteiger partial charge in [-0.2, -0.15) is 0 Å². The summed E-state index contributed by atoms with van der Waals surface area (Å²) in [7, 11) is 0. The predicted octanol–water partition coefficient (Wildman–Crippen LogP) is 1.30. The Morgan fingerprint density at radius 3 is 2.74 bits per heavy atom. The number of ether oxygens (including phenoxy) is 2. The summed E-state index contributed by atoms with van der Waals surface area (Å²) in [5.41, 5.74) is 2.45. The number of hydrogen-bond acceptors (Lipinski definition) is 4. The van der Waals surface area contributed by atoms with E-state index in [1.807, 2.05) is 6.07 Å². The Bertz CT molecular complexity index is 602. The molecule has 5 heteroatoms. The van der Waals surface area contributed by atoms with E-state index in [9.17, 15) is 0 Å². The Balaban J connectivity index is 1.66. The highest BCUT2D eigenvalue weighted by Crippen LogP contribution is 2.37. The number of benzene rings is 1. The summed E-state index contributed by atoms with van der Waals surface area (Å²) in [4.78, 5) is 5.81. The van der Waals surface area contributed by atoms with Crippen LogP contribution in [0.5, 0.6) is 11.5 Å². The highest BCUT2D eigenvalue weighted by Gasteiger charge is 2.18. The zero-order chi connectivity index (χ0) is 12.7. The summed E-state index contributed by atoms with van der Waals surface area (Å²) in [5.74, 6) is 1.69. The second kappa shape index (κ2) is 4.43. The third-order valence-corrected chi connectivity index (χ3v) is 3.86. The molecule has 1 fully saturated rings. The van der Waals surface area contributed by atoms with E-state index in [-0.39, 0.29) is 0 Å². The maximum Gasteiger partial charge on any atom is 0.231 e. The SMILES string of the molecule is c1[nH]c2cc3c(cc2c1CN1CCNCC1)OCO3. The Morgan fingerprint density at radius 1 is 1.11 bits per heavy atom. The van der Waals surface area contributed by atoms with Crippen LogP contribution in [0.3, 0.4) is 0 Å². The van der Waals surface area contributed by atoms with Gasteiger partial charge in [-0.25, -0.2) is 0 Å². The summed E-state index contributed by atoms with van der Waals surface area (Å²) in [6, 6.07) is 4.12. The van der Waals surface area contributed by atoms with E-state index in [2.05, 4.69) is 27.5 Å². The number of nitrogens with one attached hydrogen (secondary N) is 2. The quantitative estimate of drug-likeness (QED) is 0.853. The van der Waals surface area contributed by atoms with E-state index < -0.39 is 0 Å². The second-order valence-electron chi connectivity index (χ2n) is 5.09. The van der Waals surface area contributed by atoms with E-state index in [4.69, 9.17) is 9.47 Å². The Hall–Kier alpha value is -1.72. The standard InChI is InChI=1S/C14H17N3O2/c1-3-17(4-2-15-1)8-10-7-16-12-6-14-13(5-11(10)12)18-9-19-14/h5-7,15-16H,1-4,8-9H2. The number of aromatic amines is 1. The molecule has 0 aliphatic carbocycles. The number of piperazine rings is 1. The van der Waals surface area contributed by atoms with Gasteiger partial charge in [0.1, 0.15) is 0 Å². The molecule has 100 valence electrons. The summed E-state index contributed by atoms with van der Waals surface area (Å²) < 4.78 is 10.9. The van der Waals surface area contributed by atoms with Crippen LogP contribution in [0.2, 0.25) is 0 Å². The summed E-state index contributed by atoms with van der Waals surface area (Å²) in [6.07, 6.45) is 2.10. The lowest BCUT2D eigenvalue weighted by Crippen LogP contribution is -2.42. The number of fused-ring (bicyclic) bond motifs is 2. The second-order valence-corrected chi connectivity index (χ2v) is 5.09. The fourth-order valence-corrected chi connectivity index (χ4v) is 2.81. The molecule has 2 N–H and O–H groups in total. The van der Waals surface area contributed by atoms with E-state index in [1.54, 1.807) is 0 Å². The minimum Gasteiger partial charge on any atom is -0.454 e. The van der Waals surface area contributed by atoms with Gasteiger partial charge >= 0.3 is 0 Å². The van der Waals surface area contributed by atoms with E-state index in [0.717, 1.165) is 49.7 Å². The number of rotatable bonds is 2. The Morgan fingerprint density at radius 2 is 1.89 bits per heavy atom. The first kappa shape index (κ1) is 11.1. The van der Waals surface area contributed by atoms with Crippen molar-refractivity contribution in [2.75, 3.05) is 33.0 Å². The average molecular weight is 259 g/mol. The first-order chi connectivity index (χ1) is 9.40. The Kier molecular flexibility index (Phi) is 2.60. The van der Waals surface area contributed by atoms with Crippen LogP contribution in [0.15, 0.2) is 18.3 Å². The van der Waals surface area contributed by atoms with Crippen molar-refractivity contribution in [1.29, 1.82) is 0 Å². The van der Waals surface area contributed by atoms with Crippen LogP contribution >= 0.6 is 0 Å². The molecule has 1 aromatic heterocycles. The molecule has 5 nitrogen and oxygen atoms in total. The maximum absolute atomic E-state index is 5.46. The van der Waals surface area contributed by atoms with Crippen molar-refractivity contribution >= 4 is 10.9 Å². The summed E-state index contributed by atoms with van der Waals surface area (Å²) >= 11 is 0. The zero-order valence-electron chi connectivity index (χ0n) is 10.7. The molecule has 0 atom stereocenters. The van der Waals surface area contributed by atoms with Gasteiger partial charge in [0, 0.05) is 55.9 Å². The smallest absolute Gasteiger partial charge is 0.231 e. The van der Waals surface area contributed by atoms with Crippen molar-refractivity contribution in [3.63, 3.8) is 0 Å². The van der Waals surface area contributed by atoms with E-state index in [1.165, 1.54) is 10.9 Å². The van der Waals surface area contributed by atoms with Gasteiger partial charge < -0.3 is 19.8 Å². The summed E-state index contributed by atoms with van der Waals surface area (Å²) in [6.45, 7) is 5.69. The molecule has 19 heavy (non-hydrogen) atoms. The number of H-pyrrole nitrogens is 1. The third-order valence-electron chi connectivity index (χ3n) is 3.86. The molecule has 3 heterocycles. The molecule has 2 aliphatic rings. The van der Waals surface area contributed by atoms with Crippen LogP contribution in [0, 0.1) is 0 Å². The molecule has 0 amide bonds. The highest BCUT2D eigenvalue weighted by atomic mass is 16.7. The maximum atomic E-state index is 5.46. The van der Waals surface area contributed by atoms with Crippen LogP contribution in [-0.4, -0.2) is 42.9 Å². The van der Waals surface area contributed by atoms with Gasteiger partial charge in [-0.1, -0.05) is 0 Å². The van der Waals surface area contributed by atoms with Gasteiger partial charge in [-0.3, -0.25) is 4.90 Å². The molecule has 0 unspecified atom stereocenters. The number of aromatic nitrogens is 1. The van der Waals surface area contributed by atoms with Crippen molar-refractivity contribution < 1.29 is 9.47 Å². The fraction of sp³-hybridized carbons (Fsp3) is 0.429. The van der Waals surface area contributed by atoms with E-state index in [0.29, 0.717) is 6.79 Å². The average Bonchev–Trinajstić information content (AvgIpc) is 3.05. The molecule has 0 radical (unpaired) electrons. The molecule has 1 aromatic carbocycles. The Labute approximate surface area is 111 Å². The minimum atomic E-state index is 0.328. The first-order valence-corrected chi connectivity index (χ1v) is 6.73. The highest BCUT2D eigenvalue weighted by molar-refractivity contribution is 5.86.